The molecular formula is C22H21Si. The smallest absolute Gasteiger partial charge is 0.0225 e. The van der Waals surface area contributed by atoms with Gasteiger partial charge in [0.1, 0.15) is 0 Å². The van der Waals surface area contributed by atoms with E-state index in [-0.39, 0.29) is 0 Å². The van der Waals surface area contributed by atoms with Crippen molar-refractivity contribution in [2.75, 3.05) is 0 Å². The summed E-state index contributed by atoms with van der Waals surface area (Å²) in [5.41, 5.74) is 4.51. The summed E-state index contributed by atoms with van der Waals surface area (Å²) in [4.78, 5) is 0. The van der Waals surface area contributed by atoms with Crippen molar-refractivity contribution in [3.05, 3.63) is 65.7 Å². The van der Waals surface area contributed by atoms with Gasteiger partial charge in [0.05, 0.1) is 0 Å². The van der Waals surface area contributed by atoms with E-state index < -0.39 is 0 Å². The maximum Gasteiger partial charge on any atom is 0.0225 e. The summed E-state index contributed by atoms with van der Waals surface area (Å²) in [5, 5.41) is 5.70. The first-order valence-corrected chi connectivity index (χ1v) is 9.37. The van der Waals surface area contributed by atoms with E-state index in [2.05, 4.69) is 64.8 Å². The quantitative estimate of drug-likeness (QED) is 0.406. The zero-order valence-corrected chi connectivity index (χ0v) is 14.4. The van der Waals surface area contributed by atoms with Crippen molar-refractivity contribution in [1.29, 1.82) is 0 Å². The number of aryl methyl sites for hydroxylation is 1. The fraction of sp³-hybridized carbons (Fsp3) is 0.273. The van der Waals surface area contributed by atoms with Crippen LogP contribution in [0.2, 0.25) is 6.04 Å². The van der Waals surface area contributed by atoms with Gasteiger partial charge in [0, 0.05) is 10.2 Å². The number of rotatable bonds is 3. The lowest BCUT2D eigenvalue weighted by molar-refractivity contribution is 0.743. The molecule has 1 aliphatic carbocycles. The lowest BCUT2D eigenvalue weighted by Crippen LogP contribution is -1.98. The standard InChI is InChI=1S/C22H21Si/c23-15-14-19-17-10-4-6-12-20(17)22(16-8-2-1-3-9-16)21-13-7-5-11-18(19)21/h4-8,10-13H,1-3,9,14-15H2. The van der Waals surface area contributed by atoms with Gasteiger partial charge in [0.15, 0.2) is 0 Å². The number of hydrogen-bond donors (Lipinski definition) is 0. The Hall–Kier alpha value is -1.86. The Morgan fingerprint density at radius 2 is 1.39 bits per heavy atom. The lowest BCUT2D eigenvalue weighted by atomic mass is 9.84. The van der Waals surface area contributed by atoms with Crippen LogP contribution in [0.4, 0.5) is 0 Å². The Balaban J connectivity index is 2.14. The molecule has 3 aromatic rings. The molecule has 0 aromatic heterocycles. The van der Waals surface area contributed by atoms with Gasteiger partial charge in [-0.15, -0.1) is 0 Å². The highest BCUT2D eigenvalue weighted by molar-refractivity contribution is 6.13. The summed E-state index contributed by atoms with van der Waals surface area (Å²) in [7, 11) is 3.69. The van der Waals surface area contributed by atoms with Crippen LogP contribution < -0.4 is 0 Å². The molecule has 1 heteroatoms. The second-order valence-corrected chi connectivity index (χ2v) is 6.92. The highest BCUT2D eigenvalue weighted by Gasteiger charge is 2.16. The molecule has 0 fully saturated rings. The third-order valence-corrected chi connectivity index (χ3v) is 5.28. The number of hydrogen-bond acceptors (Lipinski definition) is 0. The van der Waals surface area contributed by atoms with Gasteiger partial charge in [-0.25, -0.2) is 0 Å². The second kappa shape index (κ2) is 6.33. The van der Waals surface area contributed by atoms with Crippen LogP contribution in [0, 0.1) is 0 Å². The average molecular weight is 313 g/mol. The van der Waals surface area contributed by atoms with Crippen molar-refractivity contribution in [3.8, 4) is 0 Å². The number of benzene rings is 3. The second-order valence-electron chi connectivity index (χ2n) is 6.42. The molecule has 0 heterocycles. The SMILES string of the molecule is [Si]CCc1c2ccccc2c(C2=CCCCC2)c2ccccc12. The van der Waals surface area contributed by atoms with Crippen molar-refractivity contribution >= 4 is 37.4 Å². The van der Waals surface area contributed by atoms with Crippen LogP contribution in [-0.4, -0.2) is 10.2 Å². The minimum absolute atomic E-state index is 0.996. The Kier molecular flexibility index (Phi) is 4.05. The van der Waals surface area contributed by atoms with Crippen molar-refractivity contribution in [3.63, 3.8) is 0 Å². The van der Waals surface area contributed by atoms with Crippen molar-refractivity contribution < 1.29 is 0 Å². The average Bonchev–Trinajstić information content (AvgIpc) is 2.62. The largest absolute Gasteiger partial charge is 0.0807 e. The van der Waals surface area contributed by atoms with Gasteiger partial charge in [0.2, 0.25) is 0 Å². The molecule has 0 atom stereocenters. The van der Waals surface area contributed by atoms with Gasteiger partial charge < -0.3 is 0 Å². The third-order valence-electron chi connectivity index (χ3n) is 5.03. The lowest BCUT2D eigenvalue weighted by Gasteiger charge is -2.20. The van der Waals surface area contributed by atoms with Crippen LogP contribution in [0.15, 0.2) is 54.6 Å². The van der Waals surface area contributed by atoms with Gasteiger partial charge in [-0.2, -0.15) is 0 Å². The molecular weight excluding hydrogens is 292 g/mol. The van der Waals surface area contributed by atoms with Crippen molar-refractivity contribution in [2.45, 2.75) is 38.1 Å². The Morgan fingerprint density at radius 1 is 0.783 bits per heavy atom. The number of allylic oxidation sites excluding steroid dienone is 2. The summed E-state index contributed by atoms with van der Waals surface area (Å²) < 4.78 is 0. The molecule has 1 aliphatic rings. The summed E-state index contributed by atoms with van der Waals surface area (Å²) in [6.07, 6.45) is 8.63. The maximum atomic E-state index is 3.69. The predicted molar refractivity (Wildman–Crippen MR) is 102 cm³/mol. The first-order valence-electron chi connectivity index (χ1n) is 8.66. The normalized spacial score (nSPS) is 15.1. The molecule has 0 N–H and O–H groups in total. The van der Waals surface area contributed by atoms with Crippen molar-refractivity contribution in [2.24, 2.45) is 0 Å². The summed E-state index contributed by atoms with van der Waals surface area (Å²) in [6.45, 7) is 0. The van der Waals surface area contributed by atoms with E-state index in [1.165, 1.54) is 58.4 Å². The minimum atomic E-state index is 0.996. The van der Waals surface area contributed by atoms with Crippen LogP contribution in [0.25, 0.3) is 27.1 Å². The molecule has 0 saturated carbocycles. The predicted octanol–water partition coefficient (Wildman–Crippen LogP) is 6.08. The van der Waals surface area contributed by atoms with E-state index in [4.69, 9.17) is 0 Å². The zero-order valence-electron chi connectivity index (χ0n) is 13.4. The van der Waals surface area contributed by atoms with Crippen molar-refractivity contribution in [1.82, 2.24) is 0 Å². The van der Waals surface area contributed by atoms with Crippen LogP contribution in [-0.2, 0) is 6.42 Å². The topological polar surface area (TPSA) is 0 Å². The summed E-state index contributed by atoms with van der Waals surface area (Å²) in [6, 6.07) is 18.9. The van der Waals surface area contributed by atoms with E-state index in [1.807, 2.05) is 0 Å². The molecule has 0 amide bonds. The minimum Gasteiger partial charge on any atom is -0.0807 e. The third kappa shape index (κ3) is 2.53. The Labute approximate surface area is 141 Å². The monoisotopic (exact) mass is 313 g/mol. The van der Waals surface area contributed by atoms with E-state index in [9.17, 15) is 0 Å². The highest BCUT2D eigenvalue weighted by atomic mass is 28.1. The van der Waals surface area contributed by atoms with Crippen LogP contribution in [0.3, 0.4) is 0 Å². The molecule has 0 aliphatic heterocycles. The number of fused-ring (bicyclic) bond motifs is 2. The fourth-order valence-electron chi connectivity index (χ4n) is 4.02. The first kappa shape index (κ1) is 14.7. The first-order chi connectivity index (χ1) is 11.4. The van der Waals surface area contributed by atoms with Gasteiger partial charge >= 0.3 is 0 Å². The van der Waals surface area contributed by atoms with Crippen LogP contribution in [0.5, 0.6) is 0 Å². The molecule has 3 aromatic carbocycles. The molecule has 113 valence electrons. The molecule has 0 bridgehead atoms. The summed E-state index contributed by atoms with van der Waals surface area (Å²) in [5.74, 6) is 0. The van der Waals surface area contributed by atoms with Crippen LogP contribution in [0.1, 0.15) is 36.8 Å². The molecule has 0 nitrogen and oxygen atoms in total. The van der Waals surface area contributed by atoms with Crippen LogP contribution >= 0.6 is 0 Å². The molecule has 0 spiro atoms. The van der Waals surface area contributed by atoms with Gasteiger partial charge in [-0.05, 0) is 70.3 Å². The molecule has 23 heavy (non-hydrogen) atoms. The zero-order chi connectivity index (χ0) is 15.6. The molecule has 0 unspecified atom stereocenters. The Bertz CT molecular complexity index is 832. The van der Waals surface area contributed by atoms with E-state index in [1.54, 1.807) is 5.57 Å². The fourth-order valence-corrected chi connectivity index (χ4v) is 4.27. The highest BCUT2D eigenvalue weighted by Crippen LogP contribution is 2.40. The molecule has 3 radical (unpaired) electrons. The van der Waals surface area contributed by atoms with E-state index >= 15 is 0 Å². The van der Waals surface area contributed by atoms with E-state index in [0.717, 1.165) is 12.5 Å². The van der Waals surface area contributed by atoms with E-state index in [0.29, 0.717) is 0 Å². The summed E-state index contributed by atoms with van der Waals surface area (Å²) >= 11 is 0. The maximum absolute atomic E-state index is 3.69. The Morgan fingerprint density at radius 3 is 1.91 bits per heavy atom. The molecule has 4 rings (SSSR count). The van der Waals surface area contributed by atoms with Gasteiger partial charge in [-0.3, -0.25) is 0 Å². The van der Waals surface area contributed by atoms with Gasteiger partial charge in [-0.1, -0.05) is 60.7 Å². The molecule has 0 saturated heterocycles. The van der Waals surface area contributed by atoms with Gasteiger partial charge in [0.25, 0.3) is 0 Å².